The maximum atomic E-state index is 13.2. The predicted octanol–water partition coefficient (Wildman–Crippen LogP) is 1.19. The molecule has 1 rings (SSSR count). The van der Waals surface area contributed by atoms with Crippen LogP contribution < -0.4 is 10.5 Å². The van der Waals surface area contributed by atoms with E-state index in [1.807, 2.05) is 0 Å². The van der Waals surface area contributed by atoms with Crippen LogP contribution in [0, 0.1) is 5.82 Å². The van der Waals surface area contributed by atoms with Crippen molar-refractivity contribution in [2.75, 3.05) is 13.7 Å². The highest BCUT2D eigenvalue weighted by Gasteiger charge is 2.22. The molecule has 0 fully saturated rings. The molecule has 4 N–H and O–H groups in total. The third-order valence-corrected chi connectivity index (χ3v) is 2.34. The van der Waals surface area contributed by atoms with Crippen molar-refractivity contribution in [1.29, 1.82) is 0 Å². The van der Waals surface area contributed by atoms with Crippen molar-refractivity contribution in [2.24, 2.45) is 5.73 Å². The van der Waals surface area contributed by atoms with E-state index in [9.17, 15) is 9.50 Å². The molecule has 0 amide bonds. The Balaban J connectivity index is 3.43. The number of hydrogen-bond donors (Lipinski definition) is 3. The lowest BCUT2D eigenvalue weighted by Gasteiger charge is -2.16. The van der Waals surface area contributed by atoms with Gasteiger partial charge in [0.15, 0.2) is 11.5 Å². The van der Waals surface area contributed by atoms with Gasteiger partial charge in [0.1, 0.15) is 5.82 Å². The molecule has 0 saturated heterocycles. The van der Waals surface area contributed by atoms with Crippen molar-refractivity contribution in [3.05, 3.63) is 22.5 Å². The molecular formula is C9H11ClFNO3. The molecule has 0 saturated carbocycles. The minimum Gasteiger partial charge on any atom is -0.504 e. The number of benzene rings is 1. The molecule has 0 heterocycles. The molecule has 15 heavy (non-hydrogen) atoms. The number of aliphatic hydroxyl groups is 1. The number of ether oxygens (including phenoxy) is 1. The summed E-state index contributed by atoms with van der Waals surface area (Å²) in [7, 11) is 1.29. The first kappa shape index (κ1) is 12.0. The van der Waals surface area contributed by atoms with E-state index in [0.717, 1.165) is 6.07 Å². The fourth-order valence-electron chi connectivity index (χ4n) is 1.25. The number of rotatable bonds is 3. The minimum atomic E-state index is -0.908. The van der Waals surface area contributed by atoms with Crippen LogP contribution in [0.5, 0.6) is 11.5 Å². The Labute approximate surface area is 91.0 Å². The second-order valence-electron chi connectivity index (χ2n) is 2.93. The third-order valence-electron chi connectivity index (χ3n) is 1.96. The van der Waals surface area contributed by atoms with Gasteiger partial charge < -0.3 is 20.7 Å². The van der Waals surface area contributed by atoms with Crippen LogP contribution in [0.3, 0.4) is 0 Å². The standard InChI is InChI=1S/C9H11ClFNO3/c1-15-9-6(14)2-4(11)8(10)7(9)5(12)3-13/h2,5,13-14H,3,12H2,1H3. The second-order valence-corrected chi connectivity index (χ2v) is 3.31. The summed E-state index contributed by atoms with van der Waals surface area (Å²) in [6.07, 6.45) is 0. The van der Waals surface area contributed by atoms with Crippen LogP contribution >= 0.6 is 11.6 Å². The Morgan fingerprint density at radius 1 is 1.67 bits per heavy atom. The van der Waals surface area contributed by atoms with E-state index in [4.69, 9.17) is 27.2 Å². The van der Waals surface area contributed by atoms with Crippen molar-refractivity contribution in [2.45, 2.75) is 6.04 Å². The van der Waals surface area contributed by atoms with Crippen LogP contribution in [-0.4, -0.2) is 23.9 Å². The fourth-order valence-corrected chi connectivity index (χ4v) is 1.53. The van der Waals surface area contributed by atoms with Gasteiger partial charge in [0, 0.05) is 11.6 Å². The van der Waals surface area contributed by atoms with E-state index in [1.54, 1.807) is 0 Å². The fraction of sp³-hybridized carbons (Fsp3) is 0.333. The van der Waals surface area contributed by atoms with Crippen molar-refractivity contribution >= 4 is 11.6 Å². The number of halogens is 2. The number of phenolic OH excluding ortho intramolecular Hbond substituents is 1. The van der Waals surface area contributed by atoms with E-state index in [1.165, 1.54) is 7.11 Å². The summed E-state index contributed by atoms with van der Waals surface area (Å²) in [5, 5.41) is 18.0. The molecule has 0 spiro atoms. The number of methoxy groups -OCH3 is 1. The zero-order valence-corrected chi connectivity index (χ0v) is 8.75. The molecule has 84 valence electrons. The maximum Gasteiger partial charge on any atom is 0.167 e. The Bertz CT molecular complexity index is 373. The molecule has 1 unspecified atom stereocenters. The van der Waals surface area contributed by atoms with Crippen molar-refractivity contribution < 1.29 is 19.3 Å². The second kappa shape index (κ2) is 4.65. The van der Waals surface area contributed by atoms with Gasteiger partial charge in [-0.15, -0.1) is 0 Å². The average Bonchev–Trinajstić information content (AvgIpc) is 2.21. The van der Waals surface area contributed by atoms with Gasteiger partial charge in [-0.05, 0) is 0 Å². The van der Waals surface area contributed by atoms with Crippen LogP contribution in [0.15, 0.2) is 6.07 Å². The van der Waals surface area contributed by atoms with Crippen molar-refractivity contribution in [3.8, 4) is 11.5 Å². The molecule has 1 atom stereocenters. The van der Waals surface area contributed by atoms with Gasteiger partial charge in [0.2, 0.25) is 0 Å². The van der Waals surface area contributed by atoms with Gasteiger partial charge >= 0.3 is 0 Å². The molecule has 0 aliphatic carbocycles. The van der Waals surface area contributed by atoms with Gasteiger partial charge in [0.25, 0.3) is 0 Å². The first-order chi connectivity index (χ1) is 7.02. The lowest BCUT2D eigenvalue weighted by molar-refractivity contribution is 0.263. The van der Waals surface area contributed by atoms with Gasteiger partial charge in [-0.3, -0.25) is 0 Å². The quantitative estimate of drug-likeness (QED) is 0.736. The van der Waals surface area contributed by atoms with Crippen LogP contribution in [0.1, 0.15) is 11.6 Å². The Hall–Kier alpha value is -1.04. The number of nitrogens with two attached hydrogens (primary N) is 1. The summed E-state index contributed by atoms with van der Waals surface area (Å²) in [6, 6.07) is -0.0802. The van der Waals surface area contributed by atoms with Crippen molar-refractivity contribution in [3.63, 3.8) is 0 Å². The summed E-state index contributed by atoms with van der Waals surface area (Å²) in [6.45, 7) is -0.432. The lowest BCUT2D eigenvalue weighted by Crippen LogP contribution is -2.16. The van der Waals surface area contributed by atoms with Crippen LogP contribution in [0.2, 0.25) is 5.02 Å². The molecule has 1 aromatic rings. The van der Waals surface area contributed by atoms with Crippen LogP contribution in [0.25, 0.3) is 0 Å². The molecule has 0 bridgehead atoms. The van der Waals surface area contributed by atoms with E-state index in [0.29, 0.717) is 0 Å². The molecule has 6 heteroatoms. The summed E-state index contributed by atoms with van der Waals surface area (Å²) in [5.74, 6) is -1.24. The topological polar surface area (TPSA) is 75.7 Å². The number of aromatic hydroxyl groups is 1. The molecule has 0 aliphatic rings. The first-order valence-electron chi connectivity index (χ1n) is 4.14. The van der Waals surface area contributed by atoms with E-state index < -0.39 is 24.2 Å². The van der Waals surface area contributed by atoms with Gasteiger partial charge in [0.05, 0.1) is 24.8 Å². The monoisotopic (exact) mass is 235 g/mol. The summed E-state index contributed by atoms with van der Waals surface area (Å²) >= 11 is 5.67. The summed E-state index contributed by atoms with van der Waals surface area (Å²) in [4.78, 5) is 0. The molecular weight excluding hydrogens is 225 g/mol. The SMILES string of the molecule is COc1c(O)cc(F)c(Cl)c1C(N)CO. The molecule has 0 aromatic heterocycles. The Kier molecular flexibility index (Phi) is 3.73. The summed E-state index contributed by atoms with van der Waals surface area (Å²) in [5.41, 5.74) is 5.57. The molecule has 0 aliphatic heterocycles. The van der Waals surface area contributed by atoms with Gasteiger partial charge in [-0.2, -0.15) is 0 Å². The van der Waals surface area contributed by atoms with Crippen molar-refractivity contribution in [1.82, 2.24) is 0 Å². The normalized spacial score (nSPS) is 12.6. The lowest BCUT2D eigenvalue weighted by atomic mass is 10.1. The minimum absolute atomic E-state index is 0.0250. The molecule has 4 nitrogen and oxygen atoms in total. The number of hydrogen-bond acceptors (Lipinski definition) is 4. The number of phenols is 1. The van der Waals surface area contributed by atoms with Crippen LogP contribution in [-0.2, 0) is 0 Å². The zero-order chi connectivity index (χ0) is 11.6. The molecule has 1 aromatic carbocycles. The maximum absolute atomic E-state index is 13.2. The Morgan fingerprint density at radius 2 is 2.27 bits per heavy atom. The zero-order valence-electron chi connectivity index (χ0n) is 8.00. The van der Waals surface area contributed by atoms with Crippen LogP contribution in [0.4, 0.5) is 4.39 Å². The van der Waals surface area contributed by atoms with E-state index >= 15 is 0 Å². The first-order valence-corrected chi connectivity index (χ1v) is 4.52. The van der Waals surface area contributed by atoms with Gasteiger partial charge in [-0.25, -0.2) is 4.39 Å². The highest BCUT2D eigenvalue weighted by molar-refractivity contribution is 6.31. The van der Waals surface area contributed by atoms with Gasteiger partial charge in [-0.1, -0.05) is 11.6 Å². The largest absolute Gasteiger partial charge is 0.504 e. The third kappa shape index (κ3) is 2.14. The average molecular weight is 236 g/mol. The highest BCUT2D eigenvalue weighted by atomic mass is 35.5. The number of aliphatic hydroxyl groups excluding tert-OH is 1. The van der Waals surface area contributed by atoms with E-state index in [-0.39, 0.29) is 16.3 Å². The summed E-state index contributed by atoms with van der Waals surface area (Å²) < 4.78 is 18.0. The Morgan fingerprint density at radius 3 is 2.73 bits per heavy atom. The predicted molar refractivity (Wildman–Crippen MR) is 53.6 cm³/mol. The highest BCUT2D eigenvalue weighted by Crippen LogP contribution is 2.39. The van der Waals surface area contributed by atoms with E-state index in [2.05, 4.69) is 0 Å². The molecule has 0 radical (unpaired) electrons. The smallest absolute Gasteiger partial charge is 0.167 e.